The first kappa shape index (κ1) is 13.3. The molecule has 0 radical (unpaired) electrons. The number of carboxylic acid groups (broad SMARTS) is 1. The van der Waals surface area contributed by atoms with Crippen LogP contribution in [0.1, 0.15) is 16.8 Å². The van der Waals surface area contributed by atoms with Gasteiger partial charge in [-0.05, 0) is 24.6 Å². The predicted octanol–water partition coefficient (Wildman–Crippen LogP) is 1.60. The van der Waals surface area contributed by atoms with Gasteiger partial charge in [-0.3, -0.25) is 0 Å². The normalized spacial score (nSPS) is 19.9. The number of aromatic carboxylic acids is 1. The largest absolute Gasteiger partial charge is 0.478 e. The Morgan fingerprint density at radius 3 is 2.72 bits per heavy atom. The third-order valence-electron chi connectivity index (χ3n) is 2.82. The third-order valence-corrected chi connectivity index (χ3v) is 5.31. The molecular formula is C11H11ClO5S. The number of benzene rings is 1. The van der Waals surface area contributed by atoms with Crippen molar-refractivity contribution in [3.63, 3.8) is 0 Å². The van der Waals surface area contributed by atoms with Gasteiger partial charge in [0.15, 0.2) is 9.84 Å². The lowest BCUT2D eigenvalue weighted by Crippen LogP contribution is -2.21. The fourth-order valence-electron chi connectivity index (χ4n) is 1.80. The summed E-state index contributed by atoms with van der Waals surface area (Å²) in [5.41, 5.74) is -0.211. The molecule has 2 rings (SSSR count). The number of hydrogen-bond donors (Lipinski definition) is 1. The van der Waals surface area contributed by atoms with Crippen LogP contribution in [0.4, 0.5) is 0 Å². The Hall–Kier alpha value is -1.11. The standard InChI is InChI=1S/C11H11ClO5S/c12-10-2-1-7(5-9(10)11(13)14)18(15,16)8-3-4-17-6-8/h1-2,5,8H,3-4,6H2,(H,13,14). The third kappa shape index (κ3) is 2.36. The Labute approximate surface area is 109 Å². The van der Waals surface area contributed by atoms with Crippen LogP contribution in [0.5, 0.6) is 0 Å². The minimum Gasteiger partial charge on any atom is -0.478 e. The Morgan fingerprint density at radius 2 is 2.17 bits per heavy atom. The first-order valence-electron chi connectivity index (χ1n) is 5.27. The van der Waals surface area contributed by atoms with Gasteiger partial charge in [-0.15, -0.1) is 0 Å². The van der Waals surface area contributed by atoms with Crippen LogP contribution >= 0.6 is 11.6 Å². The molecule has 1 aliphatic rings. The Kier molecular flexibility index (Phi) is 3.61. The van der Waals surface area contributed by atoms with Crippen molar-refractivity contribution in [1.82, 2.24) is 0 Å². The van der Waals surface area contributed by atoms with E-state index in [0.717, 1.165) is 6.07 Å². The predicted molar refractivity (Wildman–Crippen MR) is 64.8 cm³/mol. The van der Waals surface area contributed by atoms with E-state index in [4.69, 9.17) is 21.4 Å². The van der Waals surface area contributed by atoms with Crippen LogP contribution in [0.15, 0.2) is 23.1 Å². The fraction of sp³-hybridized carbons (Fsp3) is 0.364. The van der Waals surface area contributed by atoms with Crippen LogP contribution in [0, 0.1) is 0 Å². The van der Waals surface area contributed by atoms with Crippen molar-refractivity contribution in [1.29, 1.82) is 0 Å². The summed E-state index contributed by atoms with van der Waals surface area (Å²) in [6, 6.07) is 3.70. The summed E-state index contributed by atoms with van der Waals surface area (Å²) in [5.74, 6) is -1.25. The molecule has 0 bridgehead atoms. The molecular weight excluding hydrogens is 280 g/mol. The fourth-order valence-corrected chi connectivity index (χ4v) is 3.60. The van der Waals surface area contributed by atoms with E-state index in [2.05, 4.69) is 0 Å². The molecule has 1 saturated heterocycles. The van der Waals surface area contributed by atoms with Crippen molar-refractivity contribution >= 4 is 27.4 Å². The first-order valence-corrected chi connectivity index (χ1v) is 7.20. The number of sulfone groups is 1. The van der Waals surface area contributed by atoms with E-state index in [1.165, 1.54) is 12.1 Å². The maximum Gasteiger partial charge on any atom is 0.337 e. The zero-order valence-electron chi connectivity index (χ0n) is 9.30. The Balaban J connectivity index is 2.45. The minimum absolute atomic E-state index is 0.0177. The van der Waals surface area contributed by atoms with Gasteiger partial charge < -0.3 is 9.84 Å². The van der Waals surface area contributed by atoms with Gasteiger partial charge in [-0.25, -0.2) is 13.2 Å². The lowest BCUT2D eigenvalue weighted by Gasteiger charge is -2.10. The average molecular weight is 291 g/mol. The zero-order valence-corrected chi connectivity index (χ0v) is 10.9. The number of rotatable bonds is 3. The monoisotopic (exact) mass is 290 g/mol. The Morgan fingerprint density at radius 1 is 1.44 bits per heavy atom. The molecule has 18 heavy (non-hydrogen) atoms. The van der Waals surface area contributed by atoms with Crippen LogP contribution in [0.2, 0.25) is 5.02 Å². The summed E-state index contributed by atoms with van der Waals surface area (Å²) in [6.45, 7) is 0.552. The van der Waals surface area contributed by atoms with Crippen molar-refractivity contribution in [2.45, 2.75) is 16.6 Å². The number of halogens is 1. The molecule has 0 aliphatic carbocycles. The van der Waals surface area contributed by atoms with Gasteiger partial charge in [0.05, 0.1) is 27.3 Å². The molecule has 5 nitrogen and oxygen atoms in total. The van der Waals surface area contributed by atoms with Crippen LogP contribution in [0.25, 0.3) is 0 Å². The second-order valence-corrected chi connectivity index (χ2v) is 6.61. The molecule has 1 heterocycles. The highest BCUT2D eigenvalue weighted by molar-refractivity contribution is 7.92. The summed E-state index contributed by atoms with van der Waals surface area (Å²) in [6.07, 6.45) is 0.424. The van der Waals surface area contributed by atoms with Gasteiger partial charge in [0, 0.05) is 6.61 Å². The van der Waals surface area contributed by atoms with E-state index >= 15 is 0 Å². The summed E-state index contributed by atoms with van der Waals surface area (Å²) in [4.78, 5) is 10.9. The molecule has 1 aliphatic heterocycles. The molecule has 1 unspecified atom stereocenters. The molecule has 1 atom stereocenters. The topological polar surface area (TPSA) is 80.7 Å². The molecule has 0 aromatic heterocycles. The minimum atomic E-state index is -3.56. The van der Waals surface area contributed by atoms with Crippen LogP contribution < -0.4 is 0 Å². The van der Waals surface area contributed by atoms with E-state index < -0.39 is 21.1 Å². The van der Waals surface area contributed by atoms with Gasteiger partial charge in [0.1, 0.15) is 0 Å². The summed E-state index contributed by atoms with van der Waals surface area (Å²) in [7, 11) is -3.56. The summed E-state index contributed by atoms with van der Waals surface area (Å²) < 4.78 is 29.5. The highest BCUT2D eigenvalue weighted by Gasteiger charge is 2.31. The average Bonchev–Trinajstić information content (AvgIpc) is 2.82. The molecule has 7 heteroatoms. The second-order valence-electron chi connectivity index (χ2n) is 3.98. The maximum atomic E-state index is 12.2. The molecule has 1 N–H and O–H groups in total. The SMILES string of the molecule is O=C(O)c1cc(S(=O)(=O)C2CCOC2)ccc1Cl. The van der Waals surface area contributed by atoms with Gasteiger partial charge in [0.25, 0.3) is 0 Å². The van der Waals surface area contributed by atoms with Gasteiger partial charge in [-0.2, -0.15) is 0 Å². The van der Waals surface area contributed by atoms with E-state index in [1.54, 1.807) is 0 Å². The molecule has 0 amide bonds. The molecule has 1 fully saturated rings. The first-order chi connectivity index (χ1) is 8.43. The summed E-state index contributed by atoms with van der Waals surface area (Å²) in [5, 5.41) is 8.32. The van der Waals surface area contributed by atoms with Crippen molar-refractivity contribution in [3.8, 4) is 0 Å². The number of carbonyl (C=O) groups is 1. The molecule has 1 aromatic rings. The van der Waals surface area contributed by atoms with Crippen molar-refractivity contribution in [3.05, 3.63) is 28.8 Å². The van der Waals surface area contributed by atoms with Crippen molar-refractivity contribution in [2.24, 2.45) is 0 Å². The highest BCUT2D eigenvalue weighted by atomic mass is 35.5. The Bertz CT molecular complexity index is 575. The second kappa shape index (κ2) is 4.87. The van der Waals surface area contributed by atoms with Crippen LogP contribution in [-0.2, 0) is 14.6 Å². The highest BCUT2D eigenvalue weighted by Crippen LogP contribution is 2.26. The number of hydrogen-bond acceptors (Lipinski definition) is 4. The van der Waals surface area contributed by atoms with E-state index in [1.807, 2.05) is 0 Å². The smallest absolute Gasteiger partial charge is 0.337 e. The molecule has 98 valence electrons. The van der Waals surface area contributed by atoms with Gasteiger partial charge >= 0.3 is 5.97 Å². The lowest BCUT2D eigenvalue weighted by molar-refractivity contribution is 0.0697. The molecule has 1 aromatic carbocycles. The van der Waals surface area contributed by atoms with Crippen LogP contribution in [-0.4, -0.2) is 38.0 Å². The quantitative estimate of drug-likeness (QED) is 0.914. The van der Waals surface area contributed by atoms with Crippen molar-refractivity contribution in [2.75, 3.05) is 13.2 Å². The van der Waals surface area contributed by atoms with E-state index in [0.29, 0.717) is 13.0 Å². The molecule has 0 spiro atoms. The van der Waals surface area contributed by atoms with Gasteiger partial charge in [0.2, 0.25) is 0 Å². The maximum absolute atomic E-state index is 12.2. The van der Waals surface area contributed by atoms with E-state index in [9.17, 15) is 13.2 Å². The molecule has 0 saturated carbocycles. The zero-order chi connectivity index (χ0) is 13.3. The lowest BCUT2D eigenvalue weighted by atomic mass is 10.2. The number of carboxylic acids is 1. The summed E-state index contributed by atoms with van der Waals surface area (Å²) >= 11 is 5.70. The van der Waals surface area contributed by atoms with E-state index in [-0.39, 0.29) is 22.1 Å². The van der Waals surface area contributed by atoms with Crippen LogP contribution in [0.3, 0.4) is 0 Å². The number of ether oxygens (including phenoxy) is 1. The van der Waals surface area contributed by atoms with Crippen molar-refractivity contribution < 1.29 is 23.1 Å². The van der Waals surface area contributed by atoms with Gasteiger partial charge in [-0.1, -0.05) is 11.6 Å².